The van der Waals surface area contributed by atoms with Crippen LogP contribution < -0.4 is 10.1 Å². The summed E-state index contributed by atoms with van der Waals surface area (Å²) in [6.45, 7) is 3.23. The summed E-state index contributed by atoms with van der Waals surface area (Å²) in [5, 5.41) is 3.17. The molecular weight excluding hydrogens is 262 g/mol. The fourth-order valence-corrected chi connectivity index (χ4v) is 2.79. The van der Waals surface area contributed by atoms with E-state index in [1.807, 2.05) is 19.1 Å². The Morgan fingerprint density at radius 1 is 1.37 bits per heavy atom. The molecule has 1 aromatic carbocycles. The Morgan fingerprint density at radius 2 is 2.11 bits per heavy atom. The quantitative estimate of drug-likeness (QED) is 0.842. The van der Waals surface area contributed by atoms with Gasteiger partial charge in [0, 0.05) is 17.5 Å². The van der Waals surface area contributed by atoms with Crippen molar-refractivity contribution in [3.63, 3.8) is 0 Å². The average Bonchev–Trinajstić information content (AvgIpc) is 2.83. The van der Waals surface area contributed by atoms with Crippen LogP contribution in [0.5, 0.6) is 5.75 Å². The fourth-order valence-electron chi connectivity index (χ4n) is 2.42. The molecule has 4 heteroatoms. The maximum Gasteiger partial charge on any atom is 0.251 e. The molecule has 1 aliphatic carbocycles. The van der Waals surface area contributed by atoms with Gasteiger partial charge >= 0.3 is 0 Å². The van der Waals surface area contributed by atoms with E-state index in [0.29, 0.717) is 24.6 Å². The van der Waals surface area contributed by atoms with Gasteiger partial charge in [-0.05, 0) is 49.9 Å². The molecule has 0 saturated heterocycles. The van der Waals surface area contributed by atoms with Gasteiger partial charge in [0.1, 0.15) is 5.75 Å². The number of carbonyl (C=O) groups is 1. The summed E-state index contributed by atoms with van der Waals surface area (Å²) in [4.78, 5) is 12.0. The van der Waals surface area contributed by atoms with Crippen LogP contribution >= 0.6 is 11.6 Å². The van der Waals surface area contributed by atoms with Crippen LogP contribution in [-0.4, -0.2) is 24.4 Å². The second kappa shape index (κ2) is 6.80. The van der Waals surface area contributed by atoms with Crippen molar-refractivity contribution in [2.24, 2.45) is 5.92 Å². The first-order valence-electron chi connectivity index (χ1n) is 6.86. The maximum absolute atomic E-state index is 12.0. The lowest BCUT2D eigenvalue weighted by molar-refractivity contribution is 0.0947. The summed E-state index contributed by atoms with van der Waals surface area (Å²) in [5.74, 6) is 1.16. The highest BCUT2D eigenvalue weighted by Gasteiger charge is 2.25. The highest BCUT2D eigenvalue weighted by Crippen LogP contribution is 2.29. The first-order chi connectivity index (χ1) is 9.20. The van der Waals surface area contributed by atoms with E-state index in [1.165, 1.54) is 0 Å². The molecule has 1 aliphatic rings. The number of amides is 1. The smallest absolute Gasteiger partial charge is 0.251 e. The first kappa shape index (κ1) is 14.2. The van der Waals surface area contributed by atoms with Crippen molar-refractivity contribution < 1.29 is 9.53 Å². The zero-order valence-corrected chi connectivity index (χ0v) is 12.0. The third-order valence-corrected chi connectivity index (χ3v) is 4.09. The molecule has 1 aromatic rings. The SMILES string of the molecule is CCOc1ccc(C(=O)NCC2CCCC2Cl)cc1. The summed E-state index contributed by atoms with van der Waals surface area (Å²) in [5.41, 5.74) is 0.660. The largest absolute Gasteiger partial charge is 0.494 e. The Labute approximate surface area is 119 Å². The number of nitrogens with one attached hydrogen (secondary N) is 1. The zero-order valence-electron chi connectivity index (χ0n) is 11.2. The summed E-state index contributed by atoms with van der Waals surface area (Å²) in [7, 11) is 0. The van der Waals surface area contributed by atoms with Crippen LogP contribution in [-0.2, 0) is 0 Å². The summed E-state index contributed by atoms with van der Waals surface area (Å²) >= 11 is 6.20. The molecule has 104 valence electrons. The van der Waals surface area contributed by atoms with Gasteiger partial charge in [-0.25, -0.2) is 0 Å². The Kier molecular flexibility index (Phi) is 5.08. The highest BCUT2D eigenvalue weighted by molar-refractivity contribution is 6.21. The lowest BCUT2D eigenvalue weighted by Crippen LogP contribution is -2.31. The van der Waals surface area contributed by atoms with Crippen LogP contribution in [0, 0.1) is 5.92 Å². The molecule has 3 nitrogen and oxygen atoms in total. The fraction of sp³-hybridized carbons (Fsp3) is 0.533. The van der Waals surface area contributed by atoms with E-state index >= 15 is 0 Å². The molecule has 0 aromatic heterocycles. The van der Waals surface area contributed by atoms with Crippen LogP contribution in [0.2, 0.25) is 0 Å². The number of hydrogen-bond donors (Lipinski definition) is 1. The van der Waals surface area contributed by atoms with E-state index in [-0.39, 0.29) is 11.3 Å². The molecular formula is C15H20ClNO2. The van der Waals surface area contributed by atoms with Crippen LogP contribution in [0.1, 0.15) is 36.5 Å². The number of halogens is 1. The molecule has 19 heavy (non-hydrogen) atoms. The van der Waals surface area contributed by atoms with Gasteiger partial charge in [0.25, 0.3) is 5.91 Å². The third-order valence-electron chi connectivity index (χ3n) is 3.52. The molecule has 1 fully saturated rings. The van der Waals surface area contributed by atoms with E-state index < -0.39 is 0 Å². The summed E-state index contributed by atoms with van der Waals surface area (Å²) in [6.07, 6.45) is 3.33. The first-order valence-corrected chi connectivity index (χ1v) is 7.29. The molecule has 2 rings (SSSR count). The minimum Gasteiger partial charge on any atom is -0.494 e. The van der Waals surface area contributed by atoms with E-state index in [2.05, 4.69) is 5.32 Å². The van der Waals surface area contributed by atoms with E-state index in [0.717, 1.165) is 25.0 Å². The van der Waals surface area contributed by atoms with Gasteiger partial charge in [-0.2, -0.15) is 0 Å². The normalized spacial score (nSPS) is 22.2. The molecule has 0 radical (unpaired) electrons. The Bertz CT molecular complexity index is 419. The van der Waals surface area contributed by atoms with Crippen molar-refractivity contribution in [2.75, 3.05) is 13.2 Å². The topological polar surface area (TPSA) is 38.3 Å². The van der Waals surface area contributed by atoms with E-state index in [4.69, 9.17) is 16.3 Å². The van der Waals surface area contributed by atoms with Crippen LogP contribution in [0.25, 0.3) is 0 Å². The van der Waals surface area contributed by atoms with Gasteiger partial charge < -0.3 is 10.1 Å². The minimum absolute atomic E-state index is 0.0428. The molecule has 0 spiro atoms. The third kappa shape index (κ3) is 3.87. The number of carbonyl (C=O) groups excluding carboxylic acids is 1. The number of ether oxygens (including phenoxy) is 1. The maximum atomic E-state index is 12.0. The Hall–Kier alpha value is -1.22. The van der Waals surface area contributed by atoms with E-state index in [9.17, 15) is 4.79 Å². The summed E-state index contributed by atoms with van der Waals surface area (Å²) in [6, 6.07) is 7.21. The van der Waals surface area contributed by atoms with Gasteiger partial charge in [-0.15, -0.1) is 11.6 Å². The zero-order chi connectivity index (χ0) is 13.7. The number of alkyl halides is 1. The Morgan fingerprint density at radius 3 is 2.68 bits per heavy atom. The highest BCUT2D eigenvalue weighted by atomic mass is 35.5. The second-order valence-corrected chi connectivity index (χ2v) is 5.43. The number of rotatable bonds is 5. The molecule has 2 atom stereocenters. The van der Waals surface area contributed by atoms with Crippen molar-refractivity contribution >= 4 is 17.5 Å². The Balaban J connectivity index is 1.85. The average molecular weight is 282 g/mol. The van der Waals surface area contributed by atoms with Crippen molar-refractivity contribution in [2.45, 2.75) is 31.6 Å². The van der Waals surface area contributed by atoms with Gasteiger partial charge in [-0.1, -0.05) is 6.42 Å². The predicted molar refractivity (Wildman–Crippen MR) is 76.9 cm³/mol. The number of hydrogen-bond acceptors (Lipinski definition) is 2. The van der Waals surface area contributed by atoms with Crippen LogP contribution in [0.4, 0.5) is 0 Å². The molecule has 0 heterocycles. The monoisotopic (exact) mass is 281 g/mol. The molecule has 1 amide bonds. The molecule has 0 bridgehead atoms. The lowest BCUT2D eigenvalue weighted by Gasteiger charge is -2.14. The van der Waals surface area contributed by atoms with Crippen LogP contribution in [0.3, 0.4) is 0 Å². The summed E-state index contributed by atoms with van der Waals surface area (Å²) < 4.78 is 5.35. The van der Waals surface area contributed by atoms with Crippen LogP contribution in [0.15, 0.2) is 24.3 Å². The predicted octanol–water partition coefficient (Wildman–Crippen LogP) is 3.22. The second-order valence-electron chi connectivity index (χ2n) is 4.87. The van der Waals surface area contributed by atoms with Crippen molar-refractivity contribution in [3.05, 3.63) is 29.8 Å². The van der Waals surface area contributed by atoms with Crippen molar-refractivity contribution in [1.82, 2.24) is 5.32 Å². The van der Waals surface area contributed by atoms with Crippen molar-refractivity contribution in [1.29, 1.82) is 0 Å². The van der Waals surface area contributed by atoms with Gasteiger partial charge in [-0.3, -0.25) is 4.79 Å². The van der Waals surface area contributed by atoms with Gasteiger partial charge in [0.2, 0.25) is 0 Å². The minimum atomic E-state index is -0.0428. The standard InChI is InChI=1S/C15H20ClNO2/c1-2-19-13-8-6-11(7-9-13)15(18)17-10-12-4-3-5-14(12)16/h6-9,12,14H,2-5,10H2,1H3,(H,17,18). The molecule has 1 N–H and O–H groups in total. The van der Waals surface area contributed by atoms with Gasteiger partial charge in [0.05, 0.1) is 6.61 Å². The van der Waals surface area contributed by atoms with Crippen molar-refractivity contribution in [3.8, 4) is 5.75 Å². The van der Waals surface area contributed by atoms with Gasteiger partial charge in [0.15, 0.2) is 0 Å². The molecule has 1 saturated carbocycles. The molecule has 2 unspecified atom stereocenters. The lowest BCUT2D eigenvalue weighted by atomic mass is 10.1. The van der Waals surface area contributed by atoms with E-state index in [1.54, 1.807) is 12.1 Å². The number of benzene rings is 1. The molecule has 0 aliphatic heterocycles.